The van der Waals surface area contributed by atoms with Crippen LogP contribution in [0, 0.1) is 18.6 Å². The Kier molecular flexibility index (Phi) is 4.44. The van der Waals surface area contributed by atoms with E-state index in [2.05, 4.69) is 4.98 Å². The predicted molar refractivity (Wildman–Crippen MR) is 87.9 cm³/mol. The Balaban J connectivity index is 1.83. The van der Waals surface area contributed by atoms with E-state index in [-0.39, 0.29) is 17.9 Å². The number of primary amides is 1. The van der Waals surface area contributed by atoms with E-state index in [0.29, 0.717) is 5.01 Å². The van der Waals surface area contributed by atoms with Crippen LogP contribution in [0.15, 0.2) is 30.3 Å². The van der Waals surface area contributed by atoms with Gasteiger partial charge in [0.1, 0.15) is 17.4 Å². The van der Waals surface area contributed by atoms with Gasteiger partial charge < -0.3 is 10.5 Å². The molecule has 0 radical (unpaired) electrons. The maximum absolute atomic E-state index is 14.3. The van der Waals surface area contributed by atoms with Crippen LogP contribution in [-0.2, 0) is 17.8 Å². The van der Waals surface area contributed by atoms with Gasteiger partial charge in [0.25, 0.3) is 0 Å². The Bertz CT molecular complexity index is 924. The highest BCUT2D eigenvalue weighted by Crippen LogP contribution is 2.28. The zero-order chi connectivity index (χ0) is 17.3. The third-order valence-electron chi connectivity index (χ3n) is 3.52. The van der Waals surface area contributed by atoms with Gasteiger partial charge >= 0.3 is 0 Å². The van der Waals surface area contributed by atoms with E-state index in [1.807, 2.05) is 25.1 Å². The van der Waals surface area contributed by atoms with E-state index >= 15 is 0 Å². The molecule has 0 fully saturated rings. The number of fused-ring (bicyclic) bond motifs is 1. The molecular weight excluding hydrogens is 334 g/mol. The van der Waals surface area contributed by atoms with Gasteiger partial charge in [-0.1, -0.05) is 12.1 Å². The van der Waals surface area contributed by atoms with Gasteiger partial charge in [-0.2, -0.15) is 0 Å². The first-order valence-corrected chi connectivity index (χ1v) is 8.00. The summed E-state index contributed by atoms with van der Waals surface area (Å²) >= 11 is 1.45. The van der Waals surface area contributed by atoms with Gasteiger partial charge in [-0.3, -0.25) is 4.79 Å². The lowest BCUT2D eigenvalue weighted by atomic mass is 10.1. The van der Waals surface area contributed by atoms with Gasteiger partial charge in [0.15, 0.2) is 11.6 Å². The van der Waals surface area contributed by atoms with Crippen molar-refractivity contribution in [3.8, 4) is 5.75 Å². The molecule has 7 heteroatoms. The standard InChI is InChI=1S/C17H14F2N2O2S/c1-9-3-2-4-13-17(9)21-15(24-13)8-23-12-6-5-11(18)10(16(12)19)7-14(20)22/h2-6H,7-8H2,1H3,(H2,20,22). The van der Waals surface area contributed by atoms with Crippen molar-refractivity contribution in [2.45, 2.75) is 20.0 Å². The van der Waals surface area contributed by atoms with Crippen LogP contribution in [0.5, 0.6) is 5.75 Å². The number of aryl methyl sites for hydroxylation is 1. The zero-order valence-corrected chi connectivity index (χ0v) is 13.6. The number of hydrogen-bond acceptors (Lipinski definition) is 4. The Morgan fingerprint density at radius 3 is 2.79 bits per heavy atom. The van der Waals surface area contributed by atoms with E-state index in [0.717, 1.165) is 21.8 Å². The average Bonchev–Trinajstić information content (AvgIpc) is 2.95. The van der Waals surface area contributed by atoms with Gasteiger partial charge in [0.05, 0.1) is 16.6 Å². The molecule has 124 valence electrons. The molecule has 1 heterocycles. The van der Waals surface area contributed by atoms with Gasteiger partial charge in [-0.25, -0.2) is 13.8 Å². The molecule has 0 aliphatic heterocycles. The zero-order valence-electron chi connectivity index (χ0n) is 12.8. The number of aromatic nitrogens is 1. The smallest absolute Gasteiger partial charge is 0.222 e. The Morgan fingerprint density at radius 2 is 2.08 bits per heavy atom. The number of nitrogens with zero attached hydrogens (tertiary/aromatic N) is 1. The molecule has 1 aromatic heterocycles. The minimum absolute atomic E-state index is 0.0529. The second-order valence-electron chi connectivity index (χ2n) is 5.30. The molecular formula is C17H14F2N2O2S. The van der Waals surface area contributed by atoms with E-state index in [1.165, 1.54) is 17.4 Å². The highest BCUT2D eigenvalue weighted by Gasteiger charge is 2.17. The summed E-state index contributed by atoms with van der Waals surface area (Å²) in [4.78, 5) is 15.4. The number of rotatable bonds is 5. The number of carbonyl (C=O) groups excluding carboxylic acids is 1. The van der Waals surface area contributed by atoms with Crippen LogP contribution in [0.2, 0.25) is 0 Å². The number of nitrogens with two attached hydrogens (primary N) is 1. The van der Waals surface area contributed by atoms with Gasteiger partial charge in [0.2, 0.25) is 5.91 Å². The summed E-state index contributed by atoms with van der Waals surface area (Å²) in [7, 11) is 0. The summed E-state index contributed by atoms with van der Waals surface area (Å²) in [6.45, 7) is 2.01. The van der Waals surface area contributed by atoms with Crippen LogP contribution >= 0.6 is 11.3 Å². The third kappa shape index (κ3) is 3.21. The average molecular weight is 348 g/mol. The fourth-order valence-electron chi connectivity index (χ4n) is 2.36. The number of hydrogen-bond donors (Lipinski definition) is 1. The molecule has 0 aliphatic carbocycles. The van der Waals surface area contributed by atoms with Crippen LogP contribution in [-0.4, -0.2) is 10.9 Å². The van der Waals surface area contributed by atoms with Crippen molar-refractivity contribution >= 4 is 27.5 Å². The fourth-order valence-corrected chi connectivity index (χ4v) is 3.32. The molecule has 3 rings (SSSR count). The summed E-state index contributed by atoms with van der Waals surface area (Å²) in [6.07, 6.45) is -0.519. The molecule has 4 nitrogen and oxygen atoms in total. The van der Waals surface area contributed by atoms with Crippen LogP contribution in [0.3, 0.4) is 0 Å². The Morgan fingerprint density at radius 1 is 1.29 bits per heavy atom. The third-order valence-corrected chi connectivity index (χ3v) is 4.51. The first-order chi connectivity index (χ1) is 11.5. The number of carbonyl (C=O) groups is 1. The summed E-state index contributed by atoms with van der Waals surface area (Å²) in [5, 5.41) is 0.680. The van der Waals surface area contributed by atoms with Crippen molar-refractivity contribution in [2.24, 2.45) is 5.73 Å². The van der Waals surface area contributed by atoms with Crippen molar-refractivity contribution in [3.05, 3.63) is 58.1 Å². The molecule has 0 unspecified atom stereocenters. The van der Waals surface area contributed by atoms with Gasteiger partial charge in [0, 0.05) is 5.56 Å². The van der Waals surface area contributed by atoms with Crippen molar-refractivity contribution in [3.63, 3.8) is 0 Å². The Hall–Kier alpha value is -2.54. The molecule has 2 N–H and O–H groups in total. The molecule has 0 saturated heterocycles. The predicted octanol–water partition coefficient (Wildman–Crippen LogP) is 3.49. The first-order valence-electron chi connectivity index (χ1n) is 7.18. The molecule has 0 bridgehead atoms. The molecule has 3 aromatic rings. The number of halogens is 2. The summed E-state index contributed by atoms with van der Waals surface area (Å²) in [5.41, 5.74) is 6.56. The minimum Gasteiger partial charge on any atom is -0.483 e. The number of para-hydroxylation sites is 1. The molecule has 24 heavy (non-hydrogen) atoms. The highest BCUT2D eigenvalue weighted by molar-refractivity contribution is 7.18. The lowest BCUT2D eigenvalue weighted by molar-refractivity contribution is -0.117. The van der Waals surface area contributed by atoms with Crippen LogP contribution in [0.4, 0.5) is 8.78 Å². The van der Waals surface area contributed by atoms with Crippen molar-refractivity contribution in [1.82, 2.24) is 4.98 Å². The van der Waals surface area contributed by atoms with Crippen LogP contribution in [0.1, 0.15) is 16.1 Å². The summed E-state index contributed by atoms with van der Waals surface area (Å²) < 4.78 is 34.3. The maximum Gasteiger partial charge on any atom is 0.222 e. The molecule has 2 aromatic carbocycles. The normalized spacial score (nSPS) is 11.0. The number of ether oxygens (including phenoxy) is 1. The minimum atomic E-state index is -0.911. The fraction of sp³-hybridized carbons (Fsp3) is 0.176. The van der Waals surface area contributed by atoms with Gasteiger partial charge in [-0.15, -0.1) is 11.3 Å². The lowest BCUT2D eigenvalue weighted by Gasteiger charge is -2.09. The van der Waals surface area contributed by atoms with Crippen molar-refractivity contribution in [1.29, 1.82) is 0 Å². The molecule has 0 aliphatic rings. The maximum atomic E-state index is 14.3. The molecule has 1 amide bonds. The number of benzene rings is 2. The Labute approximate surface area is 140 Å². The molecule has 0 saturated carbocycles. The number of thiazole rings is 1. The van der Waals surface area contributed by atoms with Crippen molar-refractivity contribution < 1.29 is 18.3 Å². The van der Waals surface area contributed by atoms with Crippen molar-refractivity contribution in [2.75, 3.05) is 0 Å². The molecule has 0 spiro atoms. The van der Waals surface area contributed by atoms with E-state index < -0.39 is 24.0 Å². The topological polar surface area (TPSA) is 65.2 Å². The van der Waals surface area contributed by atoms with Crippen LogP contribution < -0.4 is 10.5 Å². The summed E-state index contributed by atoms with van der Waals surface area (Å²) in [6, 6.07) is 8.10. The number of amides is 1. The second-order valence-corrected chi connectivity index (χ2v) is 6.41. The van der Waals surface area contributed by atoms with E-state index in [1.54, 1.807) is 0 Å². The SMILES string of the molecule is Cc1cccc2sc(COc3ccc(F)c(CC(N)=O)c3F)nc12. The molecule has 0 atom stereocenters. The lowest BCUT2D eigenvalue weighted by Crippen LogP contribution is -2.16. The highest BCUT2D eigenvalue weighted by atomic mass is 32.1. The quantitative estimate of drug-likeness (QED) is 0.768. The largest absolute Gasteiger partial charge is 0.483 e. The first kappa shape index (κ1) is 16.3. The monoisotopic (exact) mass is 348 g/mol. The van der Waals surface area contributed by atoms with E-state index in [4.69, 9.17) is 10.5 Å². The summed E-state index contributed by atoms with van der Waals surface area (Å²) in [5.74, 6) is -2.68. The van der Waals surface area contributed by atoms with Crippen LogP contribution in [0.25, 0.3) is 10.2 Å². The van der Waals surface area contributed by atoms with Gasteiger partial charge in [-0.05, 0) is 30.7 Å². The second kappa shape index (κ2) is 6.52. The van der Waals surface area contributed by atoms with E-state index in [9.17, 15) is 13.6 Å².